The van der Waals surface area contributed by atoms with Gasteiger partial charge in [0.2, 0.25) is 0 Å². The lowest BCUT2D eigenvalue weighted by Crippen LogP contribution is -2.44. The minimum atomic E-state index is -0.772. The highest BCUT2D eigenvalue weighted by molar-refractivity contribution is 6.03. The summed E-state index contributed by atoms with van der Waals surface area (Å²) >= 11 is 0. The summed E-state index contributed by atoms with van der Waals surface area (Å²) in [5.74, 6) is -2.12. The van der Waals surface area contributed by atoms with Gasteiger partial charge in [-0.3, -0.25) is 0 Å². The summed E-state index contributed by atoms with van der Waals surface area (Å²) in [6.07, 6.45) is 0.399. The fraction of sp³-hybridized carbons (Fsp3) is 0.542. The normalized spacial score (nSPS) is 17.2. The van der Waals surface area contributed by atoms with E-state index in [2.05, 4.69) is 0 Å². The van der Waals surface area contributed by atoms with Gasteiger partial charge in [-0.2, -0.15) is 0 Å². The number of esters is 2. The minimum absolute atomic E-state index is 0.0249. The number of methoxy groups -OCH3 is 2. The summed E-state index contributed by atoms with van der Waals surface area (Å²) in [7, 11) is 2.37. The second-order valence-electron chi connectivity index (χ2n) is 9.12. The van der Waals surface area contributed by atoms with Crippen molar-refractivity contribution in [3.8, 4) is 5.75 Å². The molecule has 1 saturated heterocycles. The Kier molecular flexibility index (Phi) is 8.21. The lowest BCUT2D eigenvalue weighted by molar-refractivity contribution is -0.140. The van der Waals surface area contributed by atoms with Crippen molar-refractivity contribution >= 4 is 23.7 Å². The predicted molar refractivity (Wildman–Crippen MR) is 122 cm³/mol. The molecular formula is C24H31FN2O8. The van der Waals surface area contributed by atoms with Crippen molar-refractivity contribution in [2.24, 2.45) is 0 Å². The first-order valence-corrected chi connectivity index (χ1v) is 11.2. The summed E-state index contributed by atoms with van der Waals surface area (Å²) in [5.41, 5.74) is -0.401. The Bertz CT molecular complexity index is 996. The molecule has 10 nitrogen and oxygen atoms in total. The van der Waals surface area contributed by atoms with Crippen molar-refractivity contribution in [3.05, 3.63) is 35.3 Å². The lowest BCUT2D eigenvalue weighted by atomic mass is 10.1. The van der Waals surface area contributed by atoms with Crippen molar-refractivity contribution in [3.63, 3.8) is 0 Å². The highest BCUT2D eigenvalue weighted by Gasteiger charge is 2.33. The third-order valence-electron chi connectivity index (χ3n) is 5.45. The summed E-state index contributed by atoms with van der Waals surface area (Å²) in [4.78, 5) is 39.7. The Morgan fingerprint density at radius 1 is 1.06 bits per heavy atom. The average Bonchev–Trinajstić information content (AvgIpc) is 2.83. The number of piperidine rings is 1. The number of carbonyl (C=O) groups is 3. The Morgan fingerprint density at radius 2 is 1.71 bits per heavy atom. The van der Waals surface area contributed by atoms with Gasteiger partial charge in [0.25, 0.3) is 0 Å². The molecule has 11 heteroatoms. The van der Waals surface area contributed by atoms with Gasteiger partial charge in [-0.05, 0) is 32.9 Å². The number of hydrogen-bond donors (Lipinski definition) is 0. The largest absolute Gasteiger partial charge is 0.487 e. The maximum Gasteiger partial charge on any atom is 0.410 e. The molecule has 192 valence electrons. The van der Waals surface area contributed by atoms with Crippen molar-refractivity contribution in [2.45, 2.75) is 45.3 Å². The van der Waals surface area contributed by atoms with E-state index in [4.69, 9.17) is 23.7 Å². The third kappa shape index (κ3) is 6.41. The van der Waals surface area contributed by atoms with Gasteiger partial charge in [0.1, 0.15) is 24.1 Å². The number of nitrogens with zero attached hydrogens (tertiary/aromatic N) is 2. The molecule has 2 aliphatic rings. The van der Waals surface area contributed by atoms with E-state index in [0.29, 0.717) is 25.9 Å². The molecule has 2 heterocycles. The van der Waals surface area contributed by atoms with Gasteiger partial charge >= 0.3 is 18.0 Å². The van der Waals surface area contributed by atoms with Gasteiger partial charge < -0.3 is 33.5 Å². The second kappa shape index (κ2) is 10.9. The van der Waals surface area contributed by atoms with Crippen LogP contribution < -0.4 is 9.64 Å². The van der Waals surface area contributed by atoms with Crippen LogP contribution in [0.15, 0.2) is 29.5 Å². The molecule has 0 aromatic heterocycles. The molecule has 0 bridgehead atoms. The van der Waals surface area contributed by atoms with Crippen LogP contribution in [0.4, 0.5) is 14.9 Å². The van der Waals surface area contributed by atoms with Gasteiger partial charge in [-0.25, -0.2) is 18.8 Å². The van der Waals surface area contributed by atoms with Gasteiger partial charge in [-0.15, -0.1) is 0 Å². The van der Waals surface area contributed by atoms with Gasteiger partial charge in [0.05, 0.1) is 26.4 Å². The molecular weight excluding hydrogens is 463 g/mol. The summed E-state index contributed by atoms with van der Waals surface area (Å²) in [6, 6.07) is 4.20. The van der Waals surface area contributed by atoms with Crippen LogP contribution in [-0.2, 0) is 28.5 Å². The smallest absolute Gasteiger partial charge is 0.410 e. The first-order chi connectivity index (χ1) is 16.5. The number of amides is 1. The standard InChI is InChI=1S/C24H31FN2O8/c1-24(2,3)35-23(30)26-10-8-16(9-11-26)34-19-7-6-15(12-18(19)25)27-14-33-13-17(21(28)31-4)20(27)22(29)32-5/h6-7,12,16H,8-11,13-14H2,1-5H3. The van der Waals surface area contributed by atoms with Gasteiger partial charge in [0.15, 0.2) is 11.6 Å². The van der Waals surface area contributed by atoms with Gasteiger partial charge in [-0.1, -0.05) is 0 Å². The van der Waals surface area contributed by atoms with Crippen LogP contribution in [0.5, 0.6) is 5.75 Å². The highest BCUT2D eigenvalue weighted by atomic mass is 19.1. The van der Waals surface area contributed by atoms with E-state index in [-0.39, 0.29) is 48.2 Å². The van der Waals surface area contributed by atoms with Crippen molar-refractivity contribution in [1.82, 2.24) is 4.90 Å². The molecule has 0 radical (unpaired) electrons. The van der Waals surface area contributed by atoms with Crippen LogP contribution in [0, 0.1) is 5.82 Å². The molecule has 1 amide bonds. The molecule has 3 rings (SSSR count). The van der Waals surface area contributed by atoms with E-state index >= 15 is 0 Å². The Hall–Kier alpha value is -3.34. The van der Waals surface area contributed by atoms with Crippen LogP contribution in [0.2, 0.25) is 0 Å². The zero-order valence-corrected chi connectivity index (χ0v) is 20.6. The summed E-state index contributed by atoms with van der Waals surface area (Å²) in [6.45, 7) is 6.07. The zero-order valence-electron chi connectivity index (χ0n) is 20.6. The molecule has 0 spiro atoms. The van der Waals surface area contributed by atoms with Crippen LogP contribution in [-0.4, -0.2) is 75.3 Å². The Balaban J connectivity index is 1.71. The van der Waals surface area contributed by atoms with E-state index in [0.717, 1.165) is 0 Å². The average molecular weight is 495 g/mol. The molecule has 0 N–H and O–H groups in total. The number of benzene rings is 1. The maximum atomic E-state index is 15.0. The molecule has 2 aliphatic heterocycles. The first-order valence-electron chi connectivity index (χ1n) is 11.2. The van der Waals surface area contributed by atoms with Crippen LogP contribution in [0.25, 0.3) is 0 Å². The number of rotatable bonds is 5. The predicted octanol–water partition coefficient (Wildman–Crippen LogP) is 3.00. The summed E-state index contributed by atoms with van der Waals surface area (Å²) < 4.78 is 41.2. The van der Waals surface area contributed by atoms with Crippen molar-refractivity contribution in [2.75, 3.05) is 45.5 Å². The van der Waals surface area contributed by atoms with Crippen molar-refractivity contribution < 1.29 is 42.5 Å². The number of anilines is 1. The SMILES string of the molecule is COC(=O)C1=C(C(=O)OC)N(c2ccc(OC3CCN(C(=O)OC(C)(C)C)CC3)c(F)c2)COC1. The van der Waals surface area contributed by atoms with E-state index in [1.54, 1.807) is 11.0 Å². The van der Waals surface area contributed by atoms with E-state index in [1.807, 2.05) is 20.8 Å². The van der Waals surface area contributed by atoms with Crippen molar-refractivity contribution in [1.29, 1.82) is 0 Å². The molecule has 0 atom stereocenters. The molecule has 1 fully saturated rings. The maximum absolute atomic E-state index is 15.0. The monoisotopic (exact) mass is 494 g/mol. The third-order valence-corrected chi connectivity index (χ3v) is 5.45. The lowest BCUT2D eigenvalue weighted by Gasteiger charge is -2.34. The molecule has 1 aromatic carbocycles. The molecule has 1 aromatic rings. The van der Waals surface area contributed by atoms with E-state index < -0.39 is 23.4 Å². The fourth-order valence-electron chi connectivity index (χ4n) is 3.76. The number of hydrogen-bond acceptors (Lipinski definition) is 9. The molecule has 35 heavy (non-hydrogen) atoms. The first kappa shape index (κ1) is 26.3. The topological polar surface area (TPSA) is 104 Å². The van der Waals surface area contributed by atoms with E-state index in [9.17, 15) is 18.8 Å². The van der Waals surface area contributed by atoms with Gasteiger partial charge in [0, 0.05) is 37.7 Å². The Labute approximate surface area is 203 Å². The van der Waals surface area contributed by atoms with Crippen LogP contribution >= 0.6 is 0 Å². The number of carbonyl (C=O) groups excluding carboxylic acids is 3. The summed E-state index contributed by atoms with van der Waals surface area (Å²) in [5, 5.41) is 0. The minimum Gasteiger partial charge on any atom is -0.487 e. The number of likely N-dealkylation sites (tertiary alicyclic amines) is 1. The molecule has 0 aliphatic carbocycles. The second-order valence-corrected chi connectivity index (χ2v) is 9.12. The highest BCUT2D eigenvalue weighted by Crippen LogP contribution is 2.31. The number of ether oxygens (including phenoxy) is 5. The van der Waals surface area contributed by atoms with Crippen LogP contribution in [0.1, 0.15) is 33.6 Å². The molecule has 0 unspecified atom stereocenters. The van der Waals surface area contributed by atoms with E-state index in [1.165, 1.54) is 31.3 Å². The molecule has 0 saturated carbocycles. The van der Waals surface area contributed by atoms with Crippen LogP contribution in [0.3, 0.4) is 0 Å². The number of halogens is 1. The Morgan fingerprint density at radius 3 is 2.29 bits per heavy atom. The fourth-order valence-corrected chi connectivity index (χ4v) is 3.76. The quantitative estimate of drug-likeness (QED) is 0.451. The zero-order chi connectivity index (χ0) is 25.8.